The van der Waals surface area contributed by atoms with Crippen LogP contribution in [0.4, 0.5) is 4.79 Å². The Morgan fingerprint density at radius 3 is 2.58 bits per heavy atom. The molecule has 200 valence electrons. The molecule has 2 aliphatic rings. The summed E-state index contributed by atoms with van der Waals surface area (Å²) in [4.78, 5) is 54.4. The molecule has 14 heteroatoms. The SMILES string of the molecule is CCN(CC)CCOC(=O)C1=C(COC(N)=O)CS[C@H]2N1C(=O)[C@]2(NC(=O)Cc1cccs1)OC.Cl. The van der Waals surface area contributed by atoms with Gasteiger partial charge in [0.2, 0.25) is 5.91 Å². The first kappa shape index (κ1) is 29.9. The highest BCUT2D eigenvalue weighted by Gasteiger charge is 2.66. The van der Waals surface area contributed by atoms with Crippen molar-refractivity contribution in [3.63, 3.8) is 0 Å². The van der Waals surface area contributed by atoms with Crippen molar-refractivity contribution >= 4 is 59.4 Å². The van der Waals surface area contributed by atoms with Crippen molar-refractivity contribution in [2.24, 2.45) is 5.73 Å². The van der Waals surface area contributed by atoms with Crippen LogP contribution in [-0.4, -0.2) is 90.5 Å². The smallest absolute Gasteiger partial charge is 0.404 e. The third kappa shape index (κ3) is 6.32. The van der Waals surface area contributed by atoms with E-state index in [1.54, 1.807) is 0 Å². The average molecular weight is 563 g/mol. The van der Waals surface area contributed by atoms with Gasteiger partial charge in [0.05, 0.1) is 6.42 Å². The van der Waals surface area contributed by atoms with Gasteiger partial charge < -0.3 is 30.2 Å². The number of nitrogens with two attached hydrogens (primary N) is 1. The van der Waals surface area contributed by atoms with Gasteiger partial charge in [-0.3, -0.25) is 14.5 Å². The fourth-order valence-corrected chi connectivity index (χ4v) is 6.02. The zero-order valence-electron chi connectivity index (χ0n) is 20.3. The summed E-state index contributed by atoms with van der Waals surface area (Å²) >= 11 is 2.71. The number of hydrogen-bond donors (Lipinski definition) is 2. The number of carbonyl (C=O) groups excluding carboxylic acids is 4. The largest absolute Gasteiger partial charge is 0.460 e. The lowest BCUT2D eigenvalue weighted by Gasteiger charge is -2.55. The van der Waals surface area contributed by atoms with E-state index in [9.17, 15) is 19.2 Å². The molecule has 2 atom stereocenters. The number of carbonyl (C=O) groups is 4. The van der Waals surface area contributed by atoms with Crippen molar-refractivity contribution in [1.82, 2.24) is 15.1 Å². The van der Waals surface area contributed by atoms with Gasteiger partial charge in [0.1, 0.15) is 24.3 Å². The van der Waals surface area contributed by atoms with Crippen molar-refractivity contribution in [2.75, 3.05) is 45.7 Å². The number of esters is 1. The first-order valence-electron chi connectivity index (χ1n) is 11.1. The van der Waals surface area contributed by atoms with E-state index >= 15 is 0 Å². The molecule has 3 N–H and O–H groups in total. The van der Waals surface area contributed by atoms with Crippen LogP contribution in [0.25, 0.3) is 0 Å². The summed E-state index contributed by atoms with van der Waals surface area (Å²) in [6.07, 6.45) is -0.901. The molecule has 3 rings (SSSR count). The highest BCUT2D eigenvalue weighted by atomic mass is 35.5. The highest BCUT2D eigenvalue weighted by molar-refractivity contribution is 8.00. The third-order valence-electron chi connectivity index (χ3n) is 5.79. The van der Waals surface area contributed by atoms with Crippen LogP contribution in [0, 0.1) is 0 Å². The summed E-state index contributed by atoms with van der Waals surface area (Å²) in [6.45, 7) is 6.02. The molecule has 1 aromatic rings. The standard InChI is InChI=1S/C22H30N4O7S2.ClH/c1-4-25(5-2)8-9-32-18(28)17-14(12-33-21(23)30)13-35-20-22(31-3,19(29)26(17)20)24-16(27)11-15-7-6-10-34-15;/h6-7,10,20H,4-5,8-9,11-13H2,1-3H3,(H2,23,30)(H,24,27);1H/t20-,22+;/m1./s1. The summed E-state index contributed by atoms with van der Waals surface area (Å²) in [7, 11) is 1.33. The third-order valence-corrected chi connectivity index (χ3v) is 8.04. The number of β-lactam (4-membered cyclic amide) rings is 1. The maximum absolute atomic E-state index is 13.4. The normalized spacial score (nSPS) is 20.8. The second kappa shape index (κ2) is 13.3. The van der Waals surface area contributed by atoms with Crippen LogP contribution in [0.3, 0.4) is 0 Å². The fourth-order valence-electron chi connectivity index (χ4n) is 3.90. The van der Waals surface area contributed by atoms with Gasteiger partial charge >= 0.3 is 12.1 Å². The summed E-state index contributed by atoms with van der Waals surface area (Å²) in [5.74, 6) is -1.45. The Balaban J connectivity index is 0.00000456. The fraction of sp³-hybridized carbons (Fsp3) is 0.545. The molecule has 1 aromatic heterocycles. The minimum absolute atomic E-state index is 0. The number of hydrogen-bond acceptors (Lipinski definition) is 10. The van der Waals surface area contributed by atoms with Gasteiger partial charge in [-0.25, -0.2) is 9.59 Å². The van der Waals surface area contributed by atoms with E-state index in [0.717, 1.165) is 18.0 Å². The average Bonchev–Trinajstić information content (AvgIpc) is 3.35. The van der Waals surface area contributed by atoms with E-state index in [1.807, 2.05) is 31.4 Å². The second-order valence-corrected chi connectivity index (χ2v) is 9.91. The monoisotopic (exact) mass is 562 g/mol. The molecule has 0 unspecified atom stereocenters. The van der Waals surface area contributed by atoms with E-state index in [1.165, 1.54) is 35.1 Å². The van der Waals surface area contributed by atoms with Gasteiger partial charge in [-0.15, -0.1) is 35.5 Å². The maximum atomic E-state index is 13.4. The molecular formula is C22H31ClN4O7S2. The number of rotatable bonds is 12. The number of thioether (sulfide) groups is 1. The number of likely N-dealkylation sites (N-methyl/N-ethyl adjacent to an activating group) is 1. The summed E-state index contributed by atoms with van der Waals surface area (Å²) in [5, 5.41) is 3.87. The molecule has 36 heavy (non-hydrogen) atoms. The van der Waals surface area contributed by atoms with Crippen molar-refractivity contribution < 1.29 is 33.4 Å². The molecule has 0 radical (unpaired) electrons. The van der Waals surface area contributed by atoms with Crippen LogP contribution >= 0.6 is 35.5 Å². The van der Waals surface area contributed by atoms with E-state index in [2.05, 4.69) is 10.2 Å². The Morgan fingerprint density at radius 2 is 2.00 bits per heavy atom. The van der Waals surface area contributed by atoms with Gasteiger partial charge in [0, 0.05) is 29.9 Å². The van der Waals surface area contributed by atoms with Crippen LogP contribution in [0.15, 0.2) is 28.8 Å². The topological polar surface area (TPSA) is 140 Å². The lowest BCUT2D eigenvalue weighted by Crippen LogP contribution is -2.80. The van der Waals surface area contributed by atoms with Gasteiger partial charge in [-0.05, 0) is 24.5 Å². The molecular weight excluding hydrogens is 532 g/mol. The molecule has 1 saturated heterocycles. The van der Waals surface area contributed by atoms with Crippen LogP contribution < -0.4 is 11.1 Å². The Bertz CT molecular complexity index is 987. The lowest BCUT2D eigenvalue weighted by atomic mass is 9.98. The zero-order chi connectivity index (χ0) is 25.6. The molecule has 0 aliphatic carbocycles. The molecule has 3 heterocycles. The number of halogens is 1. The van der Waals surface area contributed by atoms with Gasteiger partial charge in [0.25, 0.3) is 11.6 Å². The zero-order valence-corrected chi connectivity index (χ0v) is 22.8. The molecule has 2 aliphatic heterocycles. The number of methoxy groups -OCH3 is 1. The van der Waals surface area contributed by atoms with Gasteiger partial charge in [-0.2, -0.15) is 0 Å². The number of fused-ring (bicyclic) bond motifs is 1. The van der Waals surface area contributed by atoms with Crippen molar-refractivity contribution in [3.05, 3.63) is 33.7 Å². The van der Waals surface area contributed by atoms with Crippen LogP contribution in [0.2, 0.25) is 0 Å². The minimum atomic E-state index is -1.62. The summed E-state index contributed by atoms with van der Waals surface area (Å²) in [6, 6.07) is 3.67. The minimum Gasteiger partial charge on any atom is -0.460 e. The molecule has 1 fully saturated rings. The van der Waals surface area contributed by atoms with E-state index in [4.69, 9.17) is 19.9 Å². The number of ether oxygens (including phenoxy) is 3. The first-order valence-corrected chi connectivity index (χ1v) is 13.1. The predicted molar refractivity (Wildman–Crippen MR) is 138 cm³/mol. The molecule has 11 nitrogen and oxygen atoms in total. The number of thiophene rings is 1. The Morgan fingerprint density at radius 1 is 1.28 bits per heavy atom. The molecule has 0 aromatic carbocycles. The summed E-state index contributed by atoms with van der Waals surface area (Å²) < 4.78 is 15.9. The number of primary amides is 1. The Kier molecular flexibility index (Phi) is 11.0. The summed E-state index contributed by atoms with van der Waals surface area (Å²) in [5.41, 5.74) is 3.85. The Labute approximate surface area is 224 Å². The molecule has 0 spiro atoms. The predicted octanol–water partition coefficient (Wildman–Crippen LogP) is 1.32. The molecule has 0 bridgehead atoms. The van der Waals surface area contributed by atoms with Crippen LogP contribution in [0.5, 0.6) is 0 Å². The highest BCUT2D eigenvalue weighted by Crippen LogP contribution is 2.46. The van der Waals surface area contributed by atoms with Crippen molar-refractivity contribution in [1.29, 1.82) is 0 Å². The van der Waals surface area contributed by atoms with Crippen LogP contribution in [-0.2, 0) is 35.0 Å². The van der Waals surface area contributed by atoms with Crippen LogP contribution in [0.1, 0.15) is 18.7 Å². The lowest BCUT2D eigenvalue weighted by molar-refractivity contribution is -0.193. The Hall–Kier alpha value is -2.32. The first-order chi connectivity index (χ1) is 16.8. The molecule has 0 saturated carbocycles. The van der Waals surface area contributed by atoms with Gasteiger partial charge in [-0.1, -0.05) is 19.9 Å². The van der Waals surface area contributed by atoms with E-state index in [0.29, 0.717) is 12.1 Å². The van der Waals surface area contributed by atoms with E-state index in [-0.39, 0.29) is 49.4 Å². The van der Waals surface area contributed by atoms with Crippen molar-refractivity contribution in [2.45, 2.75) is 31.4 Å². The van der Waals surface area contributed by atoms with Gasteiger partial charge in [0.15, 0.2) is 0 Å². The quantitative estimate of drug-likeness (QED) is 0.219. The maximum Gasteiger partial charge on any atom is 0.404 e. The number of nitrogens with one attached hydrogen (secondary N) is 1. The number of amides is 3. The second-order valence-electron chi connectivity index (χ2n) is 7.81. The van der Waals surface area contributed by atoms with E-state index < -0.39 is 29.1 Å². The number of nitrogens with zero attached hydrogens (tertiary/aromatic N) is 2. The van der Waals surface area contributed by atoms with Crippen molar-refractivity contribution in [3.8, 4) is 0 Å². The molecule has 3 amide bonds.